The van der Waals surface area contributed by atoms with E-state index in [4.69, 9.17) is 16.3 Å². The van der Waals surface area contributed by atoms with E-state index in [1.807, 2.05) is 0 Å². The molecule has 9 heteroatoms. The van der Waals surface area contributed by atoms with Crippen LogP contribution in [0, 0.1) is 0 Å². The summed E-state index contributed by atoms with van der Waals surface area (Å²) in [5.74, 6) is -1.39. The molecule has 7 nitrogen and oxygen atoms in total. The number of benzene rings is 2. The smallest absolute Gasteiger partial charge is 0.321 e. The van der Waals surface area contributed by atoms with E-state index in [1.165, 1.54) is 19.1 Å². The second-order valence-electron chi connectivity index (χ2n) is 5.58. The van der Waals surface area contributed by atoms with Crippen LogP contribution in [0.15, 0.2) is 59.5 Å². The van der Waals surface area contributed by atoms with Crippen molar-refractivity contribution in [1.82, 2.24) is 10.0 Å². The Morgan fingerprint density at radius 1 is 1.07 bits per heavy atom. The molecule has 2 rings (SSSR count). The van der Waals surface area contributed by atoms with Crippen LogP contribution in [0.2, 0.25) is 5.02 Å². The zero-order valence-electron chi connectivity index (χ0n) is 14.5. The van der Waals surface area contributed by atoms with Crippen molar-refractivity contribution < 1.29 is 22.7 Å². The summed E-state index contributed by atoms with van der Waals surface area (Å²) in [7, 11) is -3.83. The monoisotopic (exact) mass is 410 g/mol. The number of carbonyl (C=O) groups excluding carboxylic acids is 2. The summed E-state index contributed by atoms with van der Waals surface area (Å²) < 4.78 is 31.2. The predicted octanol–water partition coefficient (Wildman–Crippen LogP) is 1.87. The number of halogens is 1. The highest BCUT2D eigenvalue weighted by Gasteiger charge is 2.20. The van der Waals surface area contributed by atoms with Gasteiger partial charge in [-0.2, -0.15) is 4.72 Å². The minimum Gasteiger partial charge on any atom is -0.452 e. The van der Waals surface area contributed by atoms with Gasteiger partial charge in [0, 0.05) is 11.6 Å². The molecule has 2 N–H and O–H groups in total. The first-order chi connectivity index (χ1) is 12.8. The molecule has 0 spiro atoms. The molecule has 0 aliphatic carbocycles. The lowest BCUT2D eigenvalue weighted by Gasteiger charge is -2.14. The molecular weight excluding hydrogens is 392 g/mol. The zero-order valence-corrected chi connectivity index (χ0v) is 16.1. The van der Waals surface area contributed by atoms with Gasteiger partial charge in [0.25, 0.3) is 5.91 Å². The molecule has 0 bridgehead atoms. The third-order valence-corrected chi connectivity index (χ3v) is 5.33. The van der Waals surface area contributed by atoms with Crippen molar-refractivity contribution >= 4 is 33.5 Å². The van der Waals surface area contributed by atoms with Gasteiger partial charge in [-0.05, 0) is 30.7 Å². The first-order valence-corrected chi connectivity index (χ1v) is 9.91. The molecule has 27 heavy (non-hydrogen) atoms. The van der Waals surface area contributed by atoms with Gasteiger partial charge in [-0.25, -0.2) is 8.42 Å². The molecule has 0 radical (unpaired) electrons. The van der Waals surface area contributed by atoms with Gasteiger partial charge < -0.3 is 10.1 Å². The van der Waals surface area contributed by atoms with Gasteiger partial charge in [-0.3, -0.25) is 9.59 Å². The molecule has 2 aromatic carbocycles. The number of amides is 1. The van der Waals surface area contributed by atoms with Gasteiger partial charge in [-0.15, -0.1) is 0 Å². The summed E-state index contributed by atoms with van der Waals surface area (Å²) in [4.78, 5) is 23.9. The van der Waals surface area contributed by atoms with Crippen molar-refractivity contribution in [2.24, 2.45) is 0 Å². The second-order valence-corrected chi connectivity index (χ2v) is 7.75. The van der Waals surface area contributed by atoms with Gasteiger partial charge in [0.1, 0.15) is 6.54 Å². The quantitative estimate of drug-likeness (QED) is 0.647. The van der Waals surface area contributed by atoms with Crippen LogP contribution in [-0.2, 0) is 30.9 Å². The van der Waals surface area contributed by atoms with Gasteiger partial charge in [-0.1, -0.05) is 48.0 Å². The molecule has 144 valence electrons. The van der Waals surface area contributed by atoms with Crippen LogP contribution in [-0.4, -0.2) is 32.9 Å². The molecule has 0 saturated carbocycles. The van der Waals surface area contributed by atoms with E-state index < -0.39 is 34.5 Å². The third kappa shape index (κ3) is 6.35. The number of hydrogen-bond donors (Lipinski definition) is 2. The van der Waals surface area contributed by atoms with Crippen LogP contribution < -0.4 is 10.0 Å². The van der Waals surface area contributed by atoms with Crippen LogP contribution in [0.3, 0.4) is 0 Å². The van der Waals surface area contributed by atoms with E-state index in [-0.39, 0.29) is 11.4 Å². The molecule has 0 aromatic heterocycles. The lowest BCUT2D eigenvalue weighted by Crippen LogP contribution is -2.38. The van der Waals surface area contributed by atoms with Gasteiger partial charge in [0.05, 0.1) is 4.90 Å². The number of nitrogens with one attached hydrogen (secondary N) is 2. The van der Waals surface area contributed by atoms with Crippen LogP contribution in [0.25, 0.3) is 0 Å². The normalized spacial score (nSPS) is 12.2. The predicted molar refractivity (Wildman–Crippen MR) is 100 cm³/mol. The number of sulfonamides is 1. The fraction of sp³-hybridized carbons (Fsp3) is 0.222. The largest absolute Gasteiger partial charge is 0.452 e. The summed E-state index contributed by atoms with van der Waals surface area (Å²) in [5, 5.41) is 3.12. The van der Waals surface area contributed by atoms with Gasteiger partial charge >= 0.3 is 5.97 Å². The topological polar surface area (TPSA) is 102 Å². The first-order valence-electron chi connectivity index (χ1n) is 8.05. The second kappa shape index (κ2) is 9.50. The van der Waals surface area contributed by atoms with Crippen molar-refractivity contribution in [3.8, 4) is 0 Å². The molecule has 0 fully saturated rings. The van der Waals surface area contributed by atoms with E-state index in [0.29, 0.717) is 5.02 Å². The summed E-state index contributed by atoms with van der Waals surface area (Å²) >= 11 is 6.00. The highest BCUT2D eigenvalue weighted by Crippen LogP contribution is 2.14. The number of esters is 1. The summed E-state index contributed by atoms with van der Waals surface area (Å²) in [6.45, 7) is 0.992. The highest BCUT2D eigenvalue weighted by molar-refractivity contribution is 7.89. The maximum Gasteiger partial charge on any atom is 0.321 e. The van der Waals surface area contributed by atoms with Crippen molar-refractivity contribution in [3.63, 3.8) is 0 Å². The average molecular weight is 411 g/mol. The van der Waals surface area contributed by atoms with E-state index in [2.05, 4.69) is 10.0 Å². The van der Waals surface area contributed by atoms with Gasteiger partial charge in [0.2, 0.25) is 10.0 Å². The zero-order chi connectivity index (χ0) is 19.9. The maximum atomic E-state index is 12.0. The Hall–Kier alpha value is -2.42. The van der Waals surface area contributed by atoms with Crippen LogP contribution in [0.4, 0.5) is 0 Å². The van der Waals surface area contributed by atoms with Crippen molar-refractivity contribution in [1.29, 1.82) is 0 Å². The molecule has 0 saturated heterocycles. The Bertz CT molecular complexity index is 903. The fourth-order valence-corrected chi connectivity index (χ4v) is 3.29. The van der Waals surface area contributed by atoms with Crippen molar-refractivity contribution in [3.05, 3.63) is 65.2 Å². The maximum absolute atomic E-state index is 12.0. The Labute approximate surface area is 162 Å². The molecular formula is C18H19ClN2O5S. The van der Waals surface area contributed by atoms with Crippen LogP contribution >= 0.6 is 11.6 Å². The number of ether oxygens (including phenoxy) is 1. The molecule has 2 aromatic rings. The molecule has 1 amide bonds. The molecule has 1 atom stereocenters. The fourth-order valence-electron chi connectivity index (χ4n) is 2.10. The SMILES string of the molecule is C[C@H](OC(=O)CNS(=O)(=O)c1ccccc1)C(=O)NCc1ccccc1Cl. The van der Waals surface area contributed by atoms with Crippen molar-refractivity contribution in [2.75, 3.05) is 6.54 Å². The average Bonchev–Trinajstić information content (AvgIpc) is 2.66. The Kier molecular flexibility index (Phi) is 7.35. The Balaban J connectivity index is 1.81. The minimum atomic E-state index is -3.83. The lowest BCUT2D eigenvalue weighted by atomic mass is 10.2. The van der Waals surface area contributed by atoms with Crippen molar-refractivity contribution in [2.45, 2.75) is 24.5 Å². The van der Waals surface area contributed by atoms with Gasteiger partial charge in [0.15, 0.2) is 6.10 Å². The van der Waals surface area contributed by atoms with Crippen LogP contribution in [0.1, 0.15) is 12.5 Å². The van der Waals surface area contributed by atoms with Crippen LogP contribution in [0.5, 0.6) is 0 Å². The summed E-state index contributed by atoms with van der Waals surface area (Å²) in [6, 6.07) is 14.6. The highest BCUT2D eigenvalue weighted by atomic mass is 35.5. The first kappa shape index (κ1) is 20.9. The summed E-state index contributed by atoms with van der Waals surface area (Å²) in [6.07, 6.45) is -1.08. The Morgan fingerprint density at radius 3 is 2.37 bits per heavy atom. The molecule has 0 unspecified atom stereocenters. The molecule has 0 aliphatic rings. The number of rotatable bonds is 8. The standard InChI is InChI=1S/C18H19ClN2O5S/c1-13(18(23)20-11-14-7-5-6-10-16(14)19)26-17(22)12-21-27(24,25)15-8-3-2-4-9-15/h2-10,13,21H,11-12H2,1H3,(H,20,23)/t13-/m0/s1. The molecule has 0 heterocycles. The molecule has 0 aliphatic heterocycles. The minimum absolute atomic E-state index is 0.0309. The number of hydrogen-bond acceptors (Lipinski definition) is 5. The van der Waals surface area contributed by atoms with E-state index in [1.54, 1.807) is 42.5 Å². The van der Waals surface area contributed by atoms with E-state index in [0.717, 1.165) is 5.56 Å². The number of carbonyl (C=O) groups is 2. The van der Waals surface area contributed by atoms with E-state index in [9.17, 15) is 18.0 Å². The third-order valence-electron chi connectivity index (χ3n) is 3.55. The Morgan fingerprint density at radius 2 is 1.70 bits per heavy atom. The lowest BCUT2D eigenvalue weighted by molar-refractivity contribution is -0.153. The van der Waals surface area contributed by atoms with E-state index >= 15 is 0 Å². The summed E-state index contributed by atoms with van der Waals surface area (Å²) in [5.41, 5.74) is 0.724.